The van der Waals surface area contributed by atoms with Gasteiger partial charge in [0.05, 0.1) is 18.7 Å². The van der Waals surface area contributed by atoms with Crippen LogP contribution in [0.1, 0.15) is 50.9 Å². The van der Waals surface area contributed by atoms with Crippen LogP contribution in [0.5, 0.6) is 5.75 Å². The number of anilines is 1. The molecule has 1 atom stereocenters. The van der Waals surface area contributed by atoms with Gasteiger partial charge < -0.3 is 29.6 Å². The van der Waals surface area contributed by atoms with E-state index in [1.807, 2.05) is 103 Å². The Labute approximate surface area is 371 Å². The molecule has 12 heteroatoms. The minimum absolute atomic E-state index is 0.148. The SMILES string of the molecule is CCOc1cccc(-n2cc(C(=O)N3CCN(c4cc(C(=O)N(Cc5ccccc5)[C@@](CC(=O)O)(Cc5ccccc5)C(=O)O)c5ccccc5c4)CC3)nc2-c2ccc(C)cc2)c1. The fourth-order valence-corrected chi connectivity index (χ4v) is 8.49. The third-order valence-corrected chi connectivity index (χ3v) is 11.8. The molecule has 1 aromatic heterocycles. The Balaban J connectivity index is 1.11. The molecule has 1 saturated heterocycles. The molecule has 8 rings (SSSR count). The number of aliphatic carboxylic acids is 2. The molecule has 6 aromatic carbocycles. The standard InChI is InChI=1S/C52H49N5O7/c1-3-64-43-19-12-18-41(30-43)56-35-46(53-48(56)39-23-21-36(2)22-24-39)50(61)55-27-25-54(26-28-55)42-29-40-17-10-11-20-44(40)45(31-42)49(60)57(34-38-15-8-5-9-16-38)52(51(62)63,33-47(58)59)32-37-13-6-4-7-14-37/h4-24,29-31,35H,3,25-28,32-34H2,1-2H3,(H,58,59)(H,62,63)/t52-/m1/s1. The number of rotatable bonds is 15. The number of carbonyl (C=O) groups is 4. The van der Waals surface area contributed by atoms with Gasteiger partial charge in [-0.25, -0.2) is 9.78 Å². The summed E-state index contributed by atoms with van der Waals surface area (Å²) in [5, 5.41) is 22.7. The van der Waals surface area contributed by atoms with Crippen LogP contribution >= 0.6 is 0 Å². The maximum atomic E-state index is 15.3. The Morgan fingerprint density at radius 1 is 0.734 bits per heavy atom. The maximum absolute atomic E-state index is 15.3. The summed E-state index contributed by atoms with van der Waals surface area (Å²) in [5.41, 5.74) is 3.13. The van der Waals surface area contributed by atoms with Gasteiger partial charge in [0.15, 0.2) is 5.54 Å². The van der Waals surface area contributed by atoms with Crippen molar-refractivity contribution in [1.29, 1.82) is 0 Å². The van der Waals surface area contributed by atoms with E-state index in [2.05, 4.69) is 4.90 Å². The van der Waals surface area contributed by atoms with Gasteiger partial charge in [-0.2, -0.15) is 0 Å². The van der Waals surface area contributed by atoms with Gasteiger partial charge in [-0.1, -0.05) is 121 Å². The Kier molecular flexibility index (Phi) is 12.6. The van der Waals surface area contributed by atoms with Crippen LogP contribution < -0.4 is 9.64 Å². The Morgan fingerprint density at radius 3 is 2.08 bits per heavy atom. The molecule has 1 aliphatic heterocycles. The van der Waals surface area contributed by atoms with Crippen LogP contribution in [0, 0.1) is 6.92 Å². The van der Waals surface area contributed by atoms with Gasteiger partial charge in [-0.15, -0.1) is 0 Å². The second-order valence-corrected chi connectivity index (χ2v) is 16.1. The maximum Gasteiger partial charge on any atom is 0.330 e. The molecule has 0 radical (unpaired) electrons. The van der Waals surface area contributed by atoms with Gasteiger partial charge in [0.1, 0.15) is 17.3 Å². The van der Waals surface area contributed by atoms with E-state index in [1.54, 1.807) is 71.8 Å². The number of fused-ring (bicyclic) bond motifs is 1. The summed E-state index contributed by atoms with van der Waals surface area (Å²) in [6, 6.07) is 44.7. The highest BCUT2D eigenvalue weighted by Crippen LogP contribution is 2.35. The molecule has 1 aliphatic rings. The Bertz CT molecular complexity index is 2800. The number of carboxylic acids is 2. The van der Waals surface area contributed by atoms with Gasteiger partial charge >= 0.3 is 11.9 Å². The number of piperazine rings is 1. The van der Waals surface area contributed by atoms with E-state index in [0.29, 0.717) is 66.6 Å². The molecule has 0 saturated carbocycles. The second kappa shape index (κ2) is 18.7. The molecule has 2 amide bonds. The molecule has 2 heterocycles. The smallest absolute Gasteiger partial charge is 0.330 e. The van der Waals surface area contributed by atoms with Crippen LogP contribution in [0.4, 0.5) is 5.69 Å². The number of benzene rings is 6. The van der Waals surface area contributed by atoms with Crippen molar-refractivity contribution >= 4 is 40.2 Å². The number of aryl methyl sites for hydroxylation is 1. The van der Waals surface area contributed by atoms with Crippen LogP contribution in [0.25, 0.3) is 27.8 Å². The summed E-state index contributed by atoms with van der Waals surface area (Å²) in [5.74, 6) is -2.24. The highest BCUT2D eigenvalue weighted by atomic mass is 16.5. The lowest BCUT2D eigenvalue weighted by Crippen LogP contribution is -2.59. The predicted molar refractivity (Wildman–Crippen MR) is 246 cm³/mol. The predicted octanol–water partition coefficient (Wildman–Crippen LogP) is 8.55. The van der Waals surface area contributed by atoms with Crippen molar-refractivity contribution < 1.29 is 34.1 Å². The fraction of sp³-hybridized carbons (Fsp3) is 0.212. The number of imidazole rings is 1. The highest BCUT2D eigenvalue weighted by Gasteiger charge is 2.49. The van der Waals surface area contributed by atoms with Gasteiger partial charge in [-0.3, -0.25) is 19.0 Å². The van der Waals surface area contributed by atoms with Crippen molar-refractivity contribution in [2.45, 2.75) is 38.8 Å². The quantitative estimate of drug-likeness (QED) is 0.104. The van der Waals surface area contributed by atoms with Crippen LogP contribution in [-0.4, -0.2) is 91.6 Å². The summed E-state index contributed by atoms with van der Waals surface area (Å²) in [6.07, 6.45) is 0.719. The number of nitrogens with zero attached hydrogens (tertiary/aromatic N) is 5. The van der Waals surface area contributed by atoms with Gasteiger partial charge in [-0.05, 0) is 60.0 Å². The number of amides is 2. The zero-order chi connectivity index (χ0) is 44.8. The molecular formula is C52H49N5O7. The molecule has 2 N–H and O–H groups in total. The van der Waals surface area contributed by atoms with Crippen molar-refractivity contribution in [3.8, 4) is 22.8 Å². The van der Waals surface area contributed by atoms with Crippen molar-refractivity contribution in [3.63, 3.8) is 0 Å². The third kappa shape index (κ3) is 9.07. The van der Waals surface area contributed by atoms with Crippen molar-refractivity contribution in [2.24, 2.45) is 0 Å². The topological polar surface area (TPSA) is 146 Å². The van der Waals surface area contributed by atoms with Crippen LogP contribution in [0.3, 0.4) is 0 Å². The van der Waals surface area contributed by atoms with Gasteiger partial charge in [0.25, 0.3) is 11.8 Å². The van der Waals surface area contributed by atoms with E-state index in [9.17, 15) is 24.6 Å². The van der Waals surface area contributed by atoms with Crippen molar-refractivity contribution in [3.05, 3.63) is 180 Å². The third-order valence-electron chi connectivity index (χ3n) is 11.8. The summed E-state index contributed by atoms with van der Waals surface area (Å²) in [7, 11) is 0. The monoisotopic (exact) mass is 855 g/mol. The van der Waals surface area contributed by atoms with Gasteiger partial charge in [0.2, 0.25) is 0 Å². The summed E-state index contributed by atoms with van der Waals surface area (Å²) in [4.78, 5) is 65.8. The van der Waals surface area contributed by atoms with Crippen molar-refractivity contribution in [2.75, 3.05) is 37.7 Å². The van der Waals surface area contributed by atoms with Crippen LogP contribution in [0.2, 0.25) is 0 Å². The average molecular weight is 856 g/mol. The molecular weight excluding hydrogens is 807 g/mol. The Hall–Kier alpha value is -7.73. The van der Waals surface area contributed by atoms with Crippen LogP contribution in [0.15, 0.2) is 152 Å². The fourth-order valence-electron chi connectivity index (χ4n) is 8.49. The number of carbonyl (C=O) groups excluding carboxylic acids is 2. The van der Waals surface area contributed by atoms with E-state index >= 15 is 4.79 Å². The molecule has 324 valence electrons. The van der Waals surface area contributed by atoms with E-state index in [-0.39, 0.29) is 24.4 Å². The largest absolute Gasteiger partial charge is 0.494 e. The molecule has 1 fully saturated rings. The summed E-state index contributed by atoms with van der Waals surface area (Å²) < 4.78 is 7.70. The zero-order valence-electron chi connectivity index (χ0n) is 35.8. The molecule has 0 aliphatic carbocycles. The number of ether oxygens (including phenoxy) is 1. The summed E-state index contributed by atoms with van der Waals surface area (Å²) >= 11 is 0. The Morgan fingerprint density at radius 2 is 1.41 bits per heavy atom. The normalized spacial score (nSPS) is 13.6. The minimum atomic E-state index is -2.15. The molecule has 0 unspecified atom stereocenters. The molecule has 0 spiro atoms. The van der Waals surface area contributed by atoms with E-state index in [0.717, 1.165) is 27.9 Å². The van der Waals surface area contributed by atoms with E-state index in [4.69, 9.17) is 9.72 Å². The highest BCUT2D eigenvalue weighted by molar-refractivity contribution is 6.10. The minimum Gasteiger partial charge on any atom is -0.494 e. The summed E-state index contributed by atoms with van der Waals surface area (Å²) in [6.45, 7) is 5.96. The van der Waals surface area contributed by atoms with E-state index < -0.39 is 29.8 Å². The molecule has 7 aromatic rings. The van der Waals surface area contributed by atoms with Crippen molar-refractivity contribution in [1.82, 2.24) is 19.4 Å². The van der Waals surface area contributed by atoms with E-state index in [1.165, 1.54) is 4.90 Å². The van der Waals surface area contributed by atoms with Gasteiger partial charge in [0, 0.05) is 68.2 Å². The first-order chi connectivity index (χ1) is 31.0. The lowest BCUT2D eigenvalue weighted by Gasteiger charge is -2.41. The first kappa shape index (κ1) is 42.9. The number of aromatic nitrogens is 2. The lowest BCUT2D eigenvalue weighted by molar-refractivity contribution is -0.157. The molecule has 0 bridgehead atoms. The molecule has 12 nitrogen and oxygen atoms in total. The first-order valence-electron chi connectivity index (χ1n) is 21.3. The second-order valence-electron chi connectivity index (χ2n) is 16.1. The number of carboxylic acid groups (broad SMARTS) is 2. The van der Waals surface area contributed by atoms with Crippen LogP contribution in [-0.2, 0) is 22.6 Å². The first-order valence-corrected chi connectivity index (χ1v) is 21.3. The molecule has 64 heavy (non-hydrogen) atoms. The average Bonchev–Trinajstić information content (AvgIpc) is 3.76. The number of hydrogen-bond acceptors (Lipinski definition) is 7. The number of hydrogen-bond donors (Lipinski definition) is 2. The lowest BCUT2D eigenvalue weighted by atomic mass is 9.84. The zero-order valence-corrected chi connectivity index (χ0v) is 35.8.